The van der Waals surface area contributed by atoms with Crippen molar-refractivity contribution in [2.24, 2.45) is 34.5 Å². The van der Waals surface area contributed by atoms with Crippen molar-refractivity contribution in [1.82, 2.24) is 4.90 Å². The summed E-state index contributed by atoms with van der Waals surface area (Å²) in [6.45, 7) is 2.79. The number of piperidine rings is 1. The molecular formula is C24H37NO7. The maximum Gasteiger partial charge on any atom is 0.136 e. The number of hydrogen-bond acceptors (Lipinski definition) is 8. The van der Waals surface area contributed by atoms with Gasteiger partial charge in [-0.3, -0.25) is 4.90 Å². The van der Waals surface area contributed by atoms with Crippen molar-refractivity contribution in [3.05, 3.63) is 0 Å². The Morgan fingerprint density at radius 2 is 1.91 bits per heavy atom. The molecule has 9 bridgehead atoms. The van der Waals surface area contributed by atoms with E-state index in [1.807, 2.05) is 0 Å². The molecule has 0 amide bonds. The minimum absolute atomic E-state index is 0.00204. The summed E-state index contributed by atoms with van der Waals surface area (Å²) in [4.78, 5) is 2.27. The van der Waals surface area contributed by atoms with Crippen molar-refractivity contribution in [1.29, 1.82) is 0 Å². The number of ether oxygens (including phenoxy) is 4. The minimum Gasteiger partial charge on any atom is -0.396 e. The Bertz CT molecular complexity index is 843. The van der Waals surface area contributed by atoms with Crippen LogP contribution in [-0.2, 0) is 18.9 Å². The maximum absolute atomic E-state index is 12.9. The Morgan fingerprint density at radius 1 is 1.12 bits per heavy atom. The molecule has 14 atom stereocenters. The van der Waals surface area contributed by atoms with E-state index >= 15 is 0 Å². The lowest BCUT2D eigenvalue weighted by Crippen LogP contribution is -2.86. The van der Waals surface area contributed by atoms with Crippen LogP contribution in [0.15, 0.2) is 0 Å². The highest BCUT2D eigenvalue weighted by molar-refractivity contribution is 5.43. The Balaban J connectivity index is 1.55. The zero-order valence-corrected chi connectivity index (χ0v) is 19.4. The van der Waals surface area contributed by atoms with E-state index in [2.05, 4.69) is 11.8 Å². The number of nitrogens with zero attached hydrogens (tertiary/aromatic N) is 1. The van der Waals surface area contributed by atoms with Gasteiger partial charge in [0.1, 0.15) is 17.4 Å². The molecule has 9 rings (SSSR count). The van der Waals surface area contributed by atoms with E-state index in [0.29, 0.717) is 13.0 Å². The Kier molecular flexibility index (Phi) is 3.99. The highest BCUT2D eigenvalue weighted by Crippen LogP contribution is 2.83. The topological polar surface area (TPSA) is 101 Å². The van der Waals surface area contributed by atoms with E-state index in [9.17, 15) is 15.3 Å². The van der Waals surface area contributed by atoms with E-state index in [1.54, 1.807) is 21.3 Å². The second-order valence-corrected chi connectivity index (χ2v) is 11.7. The second-order valence-electron chi connectivity index (χ2n) is 11.7. The van der Waals surface area contributed by atoms with Gasteiger partial charge in [0.2, 0.25) is 0 Å². The van der Waals surface area contributed by atoms with Gasteiger partial charge >= 0.3 is 0 Å². The van der Waals surface area contributed by atoms with E-state index < -0.39 is 22.7 Å². The molecule has 0 radical (unpaired) electrons. The van der Waals surface area contributed by atoms with Crippen LogP contribution in [0.3, 0.4) is 0 Å². The maximum atomic E-state index is 12.9. The van der Waals surface area contributed by atoms with Gasteiger partial charge in [0.05, 0.1) is 37.1 Å². The highest BCUT2D eigenvalue weighted by atomic mass is 16.5. The van der Waals surface area contributed by atoms with Gasteiger partial charge in [0, 0.05) is 56.3 Å². The predicted molar refractivity (Wildman–Crippen MR) is 111 cm³/mol. The first-order valence-corrected chi connectivity index (χ1v) is 12.4. The van der Waals surface area contributed by atoms with Crippen molar-refractivity contribution < 1.29 is 34.3 Å². The van der Waals surface area contributed by atoms with Gasteiger partial charge in [0.15, 0.2) is 0 Å². The first-order chi connectivity index (χ1) is 15.4. The molecule has 0 aromatic heterocycles. The van der Waals surface area contributed by atoms with E-state index in [-0.39, 0.29) is 66.3 Å². The third-order valence-corrected chi connectivity index (χ3v) is 11.7. The third kappa shape index (κ3) is 1.68. The molecule has 0 aromatic rings. The number of rotatable bonds is 5. The van der Waals surface area contributed by atoms with Crippen LogP contribution in [0.25, 0.3) is 0 Å². The summed E-state index contributed by atoms with van der Waals surface area (Å²) in [7, 11) is 5.08. The standard InChI is InChI=1S/C24H37NO7/c1-5-25-19-23-12-8-11-13(29-2)9-22(27,15(12)16(11)30-3)24(19,28)18(31-4)17(23)21(10-26)7-6-14(23)32-20(21)25/h11-20,26-28H,5-10H2,1-4H3/t11-,12-,13+,14-,15-,16+,17+,18+,19-,20+,21-,22-,23-,24+/m1/s1. The first kappa shape index (κ1) is 21.0. The summed E-state index contributed by atoms with van der Waals surface area (Å²) < 4.78 is 25.0. The summed E-state index contributed by atoms with van der Waals surface area (Å²) >= 11 is 0. The summed E-state index contributed by atoms with van der Waals surface area (Å²) in [6.07, 6.45) is 1.81. The predicted octanol–water partition coefficient (Wildman–Crippen LogP) is -0.0191. The monoisotopic (exact) mass is 451 g/mol. The molecule has 0 unspecified atom stereocenters. The molecule has 4 saturated heterocycles. The van der Waals surface area contributed by atoms with Gasteiger partial charge in [-0.25, -0.2) is 0 Å². The van der Waals surface area contributed by atoms with E-state index in [4.69, 9.17) is 18.9 Å². The molecule has 8 nitrogen and oxygen atoms in total. The van der Waals surface area contributed by atoms with Crippen molar-refractivity contribution in [2.75, 3.05) is 34.5 Å². The van der Waals surface area contributed by atoms with Crippen molar-refractivity contribution in [2.45, 2.75) is 80.5 Å². The highest BCUT2D eigenvalue weighted by Gasteiger charge is 2.94. The fourth-order valence-corrected chi connectivity index (χ4v) is 11.3. The molecule has 0 aromatic carbocycles. The molecule has 180 valence electrons. The molecule has 32 heavy (non-hydrogen) atoms. The Hall–Kier alpha value is -0.320. The smallest absolute Gasteiger partial charge is 0.136 e. The lowest BCUT2D eigenvalue weighted by Gasteiger charge is -2.76. The molecule has 9 aliphatic rings. The molecule has 1 spiro atoms. The van der Waals surface area contributed by atoms with Crippen molar-refractivity contribution in [3.8, 4) is 0 Å². The second kappa shape index (κ2) is 6.08. The zero-order valence-electron chi connectivity index (χ0n) is 19.4. The van der Waals surface area contributed by atoms with Crippen LogP contribution in [0, 0.1) is 34.5 Å². The van der Waals surface area contributed by atoms with Crippen LogP contribution in [0.1, 0.15) is 32.6 Å². The number of aliphatic hydroxyl groups excluding tert-OH is 1. The molecule has 5 aliphatic carbocycles. The Morgan fingerprint density at radius 3 is 2.53 bits per heavy atom. The normalized spacial score (nSPS) is 65.7. The number of hydrogen-bond donors (Lipinski definition) is 3. The lowest BCUT2D eigenvalue weighted by molar-refractivity contribution is -0.410. The fourth-order valence-electron chi connectivity index (χ4n) is 11.3. The molecule has 4 aliphatic heterocycles. The van der Waals surface area contributed by atoms with Crippen LogP contribution < -0.4 is 0 Å². The molecule has 9 fully saturated rings. The van der Waals surface area contributed by atoms with Gasteiger partial charge in [-0.2, -0.15) is 0 Å². The van der Waals surface area contributed by atoms with Crippen molar-refractivity contribution in [3.63, 3.8) is 0 Å². The molecule has 5 saturated carbocycles. The van der Waals surface area contributed by atoms with Crippen LogP contribution in [-0.4, -0.2) is 103 Å². The fraction of sp³-hybridized carbons (Fsp3) is 1.00. The summed E-state index contributed by atoms with van der Waals surface area (Å²) in [6, 6.07) is -0.267. The lowest BCUT2D eigenvalue weighted by atomic mass is 9.41. The number of fused-ring (bicyclic) bond motifs is 3. The average Bonchev–Trinajstić information content (AvgIpc) is 3.25. The van der Waals surface area contributed by atoms with Crippen molar-refractivity contribution >= 4 is 0 Å². The zero-order chi connectivity index (χ0) is 22.4. The van der Waals surface area contributed by atoms with E-state index in [1.165, 1.54) is 0 Å². The van der Waals surface area contributed by atoms with Gasteiger partial charge in [-0.1, -0.05) is 6.92 Å². The average molecular weight is 452 g/mol. The van der Waals surface area contributed by atoms with E-state index in [0.717, 1.165) is 19.3 Å². The van der Waals surface area contributed by atoms with Crippen LogP contribution in [0.5, 0.6) is 0 Å². The quantitative estimate of drug-likeness (QED) is 0.536. The number of likely N-dealkylation sites (N-methyl/N-ethyl adjacent to an activating group) is 1. The molecule has 3 N–H and O–H groups in total. The summed E-state index contributed by atoms with van der Waals surface area (Å²) in [5.74, 6) is 0.0270. The number of aliphatic hydroxyl groups is 3. The third-order valence-electron chi connectivity index (χ3n) is 11.7. The molecule has 4 heterocycles. The first-order valence-electron chi connectivity index (χ1n) is 12.4. The van der Waals surface area contributed by atoms with Gasteiger partial charge in [-0.05, 0) is 31.7 Å². The van der Waals surface area contributed by atoms with Crippen LogP contribution in [0.4, 0.5) is 0 Å². The molecule has 8 heteroatoms. The summed E-state index contributed by atoms with van der Waals surface area (Å²) in [5.41, 5.74) is -3.77. The minimum atomic E-state index is -1.49. The summed E-state index contributed by atoms with van der Waals surface area (Å²) in [5, 5.41) is 36.4. The Labute approximate surface area is 189 Å². The molecular weight excluding hydrogens is 414 g/mol. The van der Waals surface area contributed by atoms with Gasteiger partial charge in [-0.15, -0.1) is 0 Å². The van der Waals surface area contributed by atoms with Gasteiger partial charge in [0.25, 0.3) is 0 Å². The largest absolute Gasteiger partial charge is 0.396 e. The van der Waals surface area contributed by atoms with Crippen LogP contribution in [0.2, 0.25) is 0 Å². The number of methoxy groups -OCH3 is 3. The van der Waals surface area contributed by atoms with Crippen LogP contribution >= 0.6 is 0 Å². The SMILES string of the molecule is CCN1[C@H]2O[C@@H]3CC[C@@]2(CO)[C@@H]2[C@H](OC)[C@]4(O)[C@H]1[C@]32[C@@H]1C[C@H]2[C@H](OC)[C@@H]1[C@]4(O)C[C@@H]2OC. The van der Waals surface area contributed by atoms with Gasteiger partial charge < -0.3 is 34.3 Å².